The lowest BCUT2D eigenvalue weighted by Crippen LogP contribution is -2.17. The number of Topliss-reactive ketones (excluding diaryl/α,β-unsaturated/α-hetero) is 1. The molecular weight excluding hydrogens is 271 g/mol. The summed E-state index contributed by atoms with van der Waals surface area (Å²) < 4.78 is 13.4. The molecule has 0 saturated heterocycles. The second kappa shape index (κ2) is 5.09. The van der Waals surface area contributed by atoms with Crippen LogP contribution in [-0.2, 0) is 11.2 Å². The van der Waals surface area contributed by atoms with Gasteiger partial charge in [0.05, 0.1) is 4.47 Å². The first-order valence-electron chi connectivity index (χ1n) is 5.61. The predicted molar refractivity (Wildman–Crippen MR) is 64.8 cm³/mol. The van der Waals surface area contributed by atoms with Crippen LogP contribution in [0, 0.1) is 11.7 Å². The lowest BCUT2D eigenvalue weighted by atomic mass is 9.81. The third kappa shape index (κ3) is 2.91. The summed E-state index contributed by atoms with van der Waals surface area (Å²) in [4.78, 5) is 11.7. The monoisotopic (exact) mass is 284 g/mol. The summed E-state index contributed by atoms with van der Waals surface area (Å²) in [7, 11) is 0. The van der Waals surface area contributed by atoms with Gasteiger partial charge in [0.25, 0.3) is 0 Å². The van der Waals surface area contributed by atoms with Gasteiger partial charge in [-0.05, 0) is 39.5 Å². The van der Waals surface area contributed by atoms with Gasteiger partial charge in [-0.3, -0.25) is 4.79 Å². The van der Waals surface area contributed by atoms with E-state index in [1.54, 1.807) is 12.1 Å². The molecule has 0 unspecified atom stereocenters. The summed E-state index contributed by atoms with van der Waals surface area (Å²) in [5.41, 5.74) is 0.887. The highest BCUT2D eigenvalue weighted by Gasteiger charge is 2.20. The van der Waals surface area contributed by atoms with E-state index in [0.717, 1.165) is 5.56 Å². The fourth-order valence-corrected chi connectivity index (χ4v) is 2.39. The molecule has 1 fully saturated rings. The normalized spacial score (nSPS) is 15.9. The van der Waals surface area contributed by atoms with E-state index < -0.39 is 0 Å². The average molecular weight is 285 g/mol. The summed E-state index contributed by atoms with van der Waals surface area (Å²) in [6.45, 7) is 0. The molecule has 0 radical (unpaired) electrons. The van der Waals surface area contributed by atoms with E-state index in [0.29, 0.717) is 23.2 Å². The Kier molecular flexibility index (Phi) is 3.74. The highest BCUT2D eigenvalue weighted by molar-refractivity contribution is 9.10. The Hall–Kier alpha value is -0.700. The quantitative estimate of drug-likeness (QED) is 0.820. The molecule has 0 N–H and O–H groups in total. The summed E-state index contributed by atoms with van der Waals surface area (Å²) >= 11 is 3.13. The zero-order valence-electron chi connectivity index (χ0n) is 9.01. The molecule has 2 rings (SSSR count). The second-order valence-electron chi connectivity index (χ2n) is 4.46. The van der Waals surface area contributed by atoms with Crippen molar-refractivity contribution in [3.05, 3.63) is 34.1 Å². The van der Waals surface area contributed by atoms with E-state index in [4.69, 9.17) is 0 Å². The van der Waals surface area contributed by atoms with Crippen LogP contribution in [-0.4, -0.2) is 5.78 Å². The van der Waals surface area contributed by atoms with Gasteiger partial charge in [-0.2, -0.15) is 0 Å². The topological polar surface area (TPSA) is 17.1 Å². The molecule has 0 bridgehead atoms. The van der Waals surface area contributed by atoms with Crippen LogP contribution in [0.1, 0.15) is 31.2 Å². The molecule has 0 aromatic heterocycles. The zero-order valence-corrected chi connectivity index (χ0v) is 10.6. The van der Waals surface area contributed by atoms with Gasteiger partial charge in [0.1, 0.15) is 11.6 Å². The number of carbonyl (C=O) groups excluding carboxylic acids is 1. The molecule has 86 valence electrons. The smallest absolute Gasteiger partial charge is 0.137 e. The van der Waals surface area contributed by atoms with Gasteiger partial charge in [-0.25, -0.2) is 4.39 Å². The molecule has 1 aromatic carbocycles. The maximum absolute atomic E-state index is 13.0. The van der Waals surface area contributed by atoms with Crippen molar-refractivity contribution in [1.82, 2.24) is 0 Å². The molecule has 1 aromatic rings. The van der Waals surface area contributed by atoms with Crippen molar-refractivity contribution in [2.24, 2.45) is 5.92 Å². The Balaban J connectivity index is 1.92. The first kappa shape index (κ1) is 11.8. The van der Waals surface area contributed by atoms with Crippen LogP contribution in [0.15, 0.2) is 22.7 Å². The molecule has 16 heavy (non-hydrogen) atoms. The van der Waals surface area contributed by atoms with Crippen LogP contribution >= 0.6 is 15.9 Å². The lowest BCUT2D eigenvalue weighted by Gasteiger charge is -2.24. The molecule has 0 atom stereocenters. The Morgan fingerprint density at radius 3 is 2.75 bits per heavy atom. The zero-order chi connectivity index (χ0) is 11.5. The van der Waals surface area contributed by atoms with Crippen LogP contribution < -0.4 is 0 Å². The molecule has 0 aliphatic heterocycles. The molecule has 3 heteroatoms. The first-order chi connectivity index (χ1) is 7.65. The molecule has 1 aliphatic carbocycles. The maximum atomic E-state index is 13.0. The standard InChI is InChI=1S/C13H14BrFO/c14-12-8-10(4-5-13(12)15)7-11(16)6-9-2-1-3-9/h4-5,8-9H,1-3,6-7H2. The van der Waals surface area contributed by atoms with Crippen molar-refractivity contribution >= 4 is 21.7 Å². The minimum atomic E-state index is -0.282. The van der Waals surface area contributed by atoms with Gasteiger partial charge >= 0.3 is 0 Å². The summed E-state index contributed by atoms with van der Waals surface area (Å²) in [5.74, 6) is 0.592. The van der Waals surface area contributed by atoms with Crippen LogP contribution in [0.3, 0.4) is 0 Å². The molecule has 1 nitrogen and oxygen atoms in total. The van der Waals surface area contributed by atoms with Gasteiger partial charge in [0.2, 0.25) is 0 Å². The third-order valence-electron chi connectivity index (χ3n) is 3.13. The SMILES string of the molecule is O=C(Cc1ccc(F)c(Br)c1)CC1CCC1. The number of carbonyl (C=O) groups is 1. The highest BCUT2D eigenvalue weighted by Crippen LogP contribution is 2.30. The van der Waals surface area contributed by atoms with E-state index in [9.17, 15) is 9.18 Å². The summed E-state index contributed by atoms with van der Waals surface area (Å²) in [6.07, 6.45) is 4.77. The van der Waals surface area contributed by atoms with Crippen molar-refractivity contribution < 1.29 is 9.18 Å². The van der Waals surface area contributed by atoms with Gasteiger partial charge < -0.3 is 0 Å². The second-order valence-corrected chi connectivity index (χ2v) is 5.32. The predicted octanol–water partition coefficient (Wildman–Crippen LogP) is 3.89. The van der Waals surface area contributed by atoms with Gasteiger partial charge in [-0.15, -0.1) is 0 Å². The van der Waals surface area contributed by atoms with E-state index in [1.807, 2.05) is 0 Å². The van der Waals surface area contributed by atoms with Gasteiger partial charge in [-0.1, -0.05) is 25.3 Å². The fraction of sp³-hybridized carbons (Fsp3) is 0.462. The minimum absolute atomic E-state index is 0.267. The number of ketones is 1. The molecule has 1 aliphatic rings. The lowest BCUT2D eigenvalue weighted by molar-refractivity contribution is -0.119. The summed E-state index contributed by atoms with van der Waals surface area (Å²) in [6, 6.07) is 4.77. The Labute approximate surface area is 103 Å². The minimum Gasteiger partial charge on any atom is -0.299 e. The van der Waals surface area contributed by atoms with Crippen molar-refractivity contribution in [3.63, 3.8) is 0 Å². The average Bonchev–Trinajstić information content (AvgIpc) is 2.18. The molecular formula is C13H14BrFO. The van der Waals surface area contributed by atoms with E-state index in [1.165, 1.54) is 25.3 Å². The third-order valence-corrected chi connectivity index (χ3v) is 3.73. The number of hydrogen-bond acceptors (Lipinski definition) is 1. The number of halogens is 2. The Bertz CT molecular complexity index is 399. The van der Waals surface area contributed by atoms with Gasteiger partial charge in [0.15, 0.2) is 0 Å². The fourth-order valence-electron chi connectivity index (χ4n) is 1.97. The molecule has 1 saturated carbocycles. The highest BCUT2D eigenvalue weighted by atomic mass is 79.9. The van der Waals surface area contributed by atoms with Crippen molar-refractivity contribution in [2.45, 2.75) is 32.1 Å². The van der Waals surface area contributed by atoms with Crippen molar-refractivity contribution in [2.75, 3.05) is 0 Å². The van der Waals surface area contributed by atoms with Crippen LogP contribution in [0.5, 0.6) is 0 Å². The number of benzene rings is 1. The van der Waals surface area contributed by atoms with Gasteiger partial charge in [0, 0.05) is 12.8 Å². The van der Waals surface area contributed by atoms with Crippen LogP contribution in [0.2, 0.25) is 0 Å². The molecule has 0 heterocycles. The van der Waals surface area contributed by atoms with Crippen molar-refractivity contribution in [3.8, 4) is 0 Å². The van der Waals surface area contributed by atoms with Crippen LogP contribution in [0.4, 0.5) is 4.39 Å². The van der Waals surface area contributed by atoms with Crippen molar-refractivity contribution in [1.29, 1.82) is 0 Å². The Morgan fingerprint density at radius 1 is 1.44 bits per heavy atom. The summed E-state index contributed by atoms with van der Waals surface area (Å²) in [5, 5.41) is 0. The van der Waals surface area contributed by atoms with E-state index in [-0.39, 0.29) is 11.6 Å². The molecule has 0 amide bonds. The Morgan fingerprint density at radius 2 is 2.19 bits per heavy atom. The maximum Gasteiger partial charge on any atom is 0.137 e. The first-order valence-corrected chi connectivity index (χ1v) is 6.40. The van der Waals surface area contributed by atoms with E-state index in [2.05, 4.69) is 15.9 Å². The number of hydrogen-bond donors (Lipinski definition) is 0. The molecule has 0 spiro atoms. The van der Waals surface area contributed by atoms with E-state index >= 15 is 0 Å². The largest absolute Gasteiger partial charge is 0.299 e. The van der Waals surface area contributed by atoms with Crippen LogP contribution in [0.25, 0.3) is 0 Å². The number of rotatable bonds is 4.